The lowest BCUT2D eigenvalue weighted by Crippen LogP contribution is -2.63. The molecule has 4 rings (SSSR count). The van der Waals surface area contributed by atoms with Gasteiger partial charge in [0.05, 0.1) is 10.9 Å². The molecule has 4 fully saturated rings. The highest BCUT2D eigenvalue weighted by Gasteiger charge is 2.55. The Morgan fingerprint density at radius 3 is 2.58 bits per heavy atom. The first-order chi connectivity index (χ1) is 11.4. The number of carbonyl (C=O) groups is 1. The average Bonchev–Trinajstić information content (AvgIpc) is 2.94. The summed E-state index contributed by atoms with van der Waals surface area (Å²) in [6.07, 6.45) is 2.88. The van der Waals surface area contributed by atoms with Crippen LogP contribution in [-0.2, 0) is 14.3 Å². The van der Waals surface area contributed by atoms with E-state index in [2.05, 4.69) is 0 Å². The molecule has 1 atom stereocenters. The summed E-state index contributed by atoms with van der Waals surface area (Å²) in [4.78, 5) is 14.0. The van der Waals surface area contributed by atoms with Crippen molar-refractivity contribution >= 4 is 17.7 Å². The number of rotatable bonds is 4. The van der Waals surface area contributed by atoms with Crippen molar-refractivity contribution in [3.05, 3.63) is 0 Å². The van der Waals surface area contributed by atoms with Crippen LogP contribution in [-0.4, -0.2) is 66.2 Å². The van der Waals surface area contributed by atoms with Crippen LogP contribution in [0.5, 0.6) is 0 Å². The van der Waals surface area contributed by atoms with Crippen molar-refractivity contribution < 1.29 is 23.0 Å². The zero-order valence-electron chi connectivity index (χ0n) is 13.8. The quantitative estimate of drug-likeness (QED) is 0.771. The van der Waals surface area contributed by atoms with Gasteiger partial charge in [0.1, 0.15) is 0 Å². The SMILES string of the molecule is O=C(C1CC(F)(F)C1)N1CC2(CC(OCC3CCOCC3)CS2)C1. The van der Waals surface area contributed by atoms with E-state index in [-0.39, 0.29) is 29.6 Å². The van der Waals surface area contributed by atoms with Crippen LogP contribution in [0.3, 0.4) is 0 Å². The predicted molar refractivity (Wildman–Crippen MR) is 87.3 cm³/mol. The molecular weight excluding hydrogens is 336 g/mol. The van der Waals surface area contributed by atoms with Gasteiger partial charge in [-0.05, 0) is 25.2 Å². The Balaban J connectivity index is 1.18. The predicted octanol–water partition coefficient (Wildman–Crippen LogP) is 2.56. The smallest absolute Gasteiger partial charge is 0.249 e. The van der Waals surface area contributed by atoms with Crippen LogP contribution in [0.4, 0.5) is 8.78 Å². The number of halogens is 2. The molecule has 0 N–H and O–H groups in total. The molecular formula is C17H25F2NO3S. The van der Waals surface area contributed by atoms with Crippen LogP contribution in [0.15, 0.2) is 0 Å². The second kappa shape index (κ2) is 6.40. The van der Waals surface area contributed by atoms with Gasteiger partial charge < -0.3 is 14.4 Å². The molecule has 0 bridgehead atoms. The molecule has 4 nitrogen and oxygen atoms in total. The van der Waals surface area contributed by atoms with Crippen LogP contribution in [0, 0.1) is 11.8 Å². The Kier molecular flexibility index (Phi) is 4.54. The first-order valence-electron chi connectivity index (χ1n) is 8.95. The molecule has 0 radical (unpaired) electrons. The molecule has 1 spiro atoms. The van der Waals surface area contributed by atoms with E-state index in [1.54, 1.807) is 4.90 Å². The number of carbonyl (C=O) groups excluding carboxylic acids is 1. The van der Waals surface area contributed by atoms with Gasteiger partial charge in [0.15, 0.2) is 0 Å². The molecule has 0 aromatic rings. The second-order valence-electron chi connectivity index (χ2n) is 7.86. The lowest BCUT2D eigenvalue weighted by Gasteiger charge is -2.50. The van der Waals surface area contributed by atoms with Crippen molar-refractivity contribution in [2.24, 2.45) is 11.8 Å². The van der Waals surface area contributed by atoms with Gasteiger partial charge in [0, 0.05) is 57.4 Å². The first kappa shape index (κ1) is 17.0. The Morgan fingerprint density at radius 2 is 1.92 bits per heavy atom. The molecule has 0 aromatic heterocycles. The molecule has 0 aromatic carbocycles. The summed E-state index contributed by atoms with van der Waals surface area (Å²) >= 11 is 1.89. The van der Waals surface area contributed by atoms with Crippen molar-refractivity contribution in [3.8, 4) is 0 Å². The van der Waals surface area contributed by atoms with Crippen molar-refractivity contribution in [2.45, 2.75) is 48.9 Å². The van der Waals surface area contributed by atoms with E-state index in [9.17, 15) is 13.6 Å². The van der Waals surface area contributed by atoms with E-state index in [4.69, 9.17) is 9.47 Å². The fourth-order valence-corrected chi connectivity index (χ4v) is 5.77. The fraction of sp³-hybridized carbons (Fsp3) is 0.941. The van der Waals surface area contributed by atoms with Crippen LogP contribution >= 0.6 is 11.8 Å². The topological polar surface area (TPSA) is 38.8 Å². The Labute approximate surface area is 145 Å². The third kappa shape index (κ3) is 3.44. The molecule has 1 amide bonds. The zero-order valence-corrected chi connectivity index (χ0v) is 14.7. The van der Waals surface area contributed by atoms with Crippen molar-refractivity contribution in [2.75, 3.05) is 38.7 Å². The van der Waals surface area contributed by atoms with Gasteiger partial charge in [-0.3, -0.25) is 4.79 Å². The molecule has 136 valence electrons. The monoisotopic (exact) mass is 361 g/mol. The number of ether oxygens (including phenoxy) is 2. The average molecular weight is 361 g/mol. The van der Waals surface area contributed by atoms with E-state index >= 15 is 0 Å². The highest BCUT2D eigenvalue weighted by molar-refractivity contribution is 8.01. The highest BCUT2D eigenvalue weighted by atomic mass is 32.2. The summed E-state index contributed by atoms with van der Waals surface area (Å²) in [5, 5.41) is 0. The number of likely N-dealkylation sites (tertiary alicyclic amines) is 1. The highest BCUT2D eigenvalue weighted by Crippen LogP contribution is 2.49. The minimum atomic E-state index is -2.62. The van der Waals surface area contributed by atoms with Crippen LogP contribution in [0.25, 0.3) is 0 Å². The summed E-state index contributed by atoms with van der Waals surface area (Å²) in [7, 11) is 0. The summed E-state index contributed by atoms with van der Waals surface area (Å²) in [6, 6.07) is 0. The third-order valence-corrected chi connectivity index (χ3v) is 7.37. The second-order valence-corrected chi connectivity index (χ2v) is 9.35. The number of hydrogen-bond acceptors (Lipinski definition) is 4. The van der Waals surface area contributed by atoms with Gasteiger partial charge in [-0.25, -0.2) is 8.78 Å². The maximum atomic E-state index is 12.9. The number of amides is 1. The van der Waals surface area contributed by atoms with E-state index in [0.717, 1.165) is 44.8 Å². The molecule has 1 aliphatic carbocycles. The zero-order chi connectivity index (χ0) is 16.8. The van der Waals surface area contributed by atoms with E-state index in [0.29, 0.717) is 19.0 Å². The van der Waals surface area contributed by atoms with Crippen molar-refractivity contribution in [3.63, 3.8) is 0 Å². The summed E-state index contributed by atoms with van der Waals surface area (Å²) < 4.78 is 37.4. The van der Waals surface area contributed by atoms with Crippen LogP contribution in [0.1, 0.15) is 32.1 Å². The maximum Gasteiger partial charge on any atom is 0.249 e. The molecule has 1 saturated carbocycles. The van der Waals surface area contributed by atoms with Crippen LogP contribution in [0.2, 0.25) is 0 Å². The lowest BCUT2D eigenvalue weighted by molar-refractivity contribution is -0.164. The van der Waals surface area contributed by atoms with E-state index in [1.807, 2.05) is 11.8 Å². The third-order valence-electron chi connectivity index (χ3n) is 5.79. The van der Waals surface area contributed by atoms with Crippen molar-refractivity contribution in [1.29, 1.82) is 0 Å². The summed E-state index contributed by atoms with van der Waals surface area (Å²) in [5.41, 5.74) is 0. The van der Waals surface area contributed by atoms with Gasteiger partial charge in [-0.2, -0.15) is 0 Å². The first-order valence-corrected chi connectivity index (χ1v) is 9.93. The Hall–Kier alpha value is -0.400. The summed E-state index contributed by atoms with van der Waals surface area (Å²) in [6.45, 7) is 3.90. The molecule has 3 heterocycles. The molecule has 1 unspecified atom stereocenters. The van der Waals surface area contributed by atoms with Gasteiger partial charge in [-0.1, -0.05) is 0 Å². The number of nitrogens with zero attached hydrogens (tertiary/aromatic N) is 1. The lowest BCUT2D eigenvalue weighted by atomic mass is 9.79. The number of hydrogen-bond donors (Lipinski definition) is 0. The Bertz CT molecular complexity index is 484. The van der Waals surface area contributed by atoms with Gasteiger partial charge in [0.2, 0.25) is 11.8 Å². The number of alkyl halides is 2. The fourth-order valence-electron chi connectivity index (χ4n) is 4.21. The molecule has 3 saturated heterocycles. The maximum absolute atomic E-state index is 12.9. The largest absolute Gasteiger partial charge is 0.381 e. The molecule has 7 heteroatoms. The molecule has 4 aliphatic rings. The van der Waals surface area contributed by atoms with Gasteiger partial charge in [-0.15, -0.1) is 11.8 Å². The van der Waals surface area contributed by atoms with Crippen molar-refractivity contribution in [1.82, 2.24) is 4.90 Å². The molecule has 24 heavy (non-hydrogen) atoms. The number of thioether (sulfide) groups is 1. The minimum Gasteiger partial charge on any atom is -0.381 e. The van der Waals surface area contributed by atoms with E-state index < -0.39 is 11.8 Å². The standard InChI is InChI=1S/C17H25F2NO3S/c18-17(19)5-13(6-17)15(21)20-10-16(11-20)7-14(9-24-16)23-8-12-1-3-22-4-2-12/h12-14H,1-11H2. The Morgan fingerprint density at radius 1 is 1.21 bits per heavy atom. The van der Waals surface area contributed by atoms with E-state index in [1.165, 1.54) is 0 Å². The summed E-state index contributed by atoms with van der Waals surface area (Å²) in [5.74, 6) is -1.55. The van der Waals surface area contributed by atoms with Crippen LogP contribution < -0.4 is 0 Å². The van der Waals surface area contributed by atoms with Gasteiger partial charge >= 0.3 is 0 Å². The van der Waals surface area contributed by atoms with Gasteiger partial charge in [0.25, 0.3) is 0 Å². The minimum absolute atomic E-state index is 0.0706. The normalized spacial score (nSPS) is 32.6. The molecule has 3 aliphatic heterocycles.